The van der Waals surface area contributed by atoms with Crippen LogP contribution in [0.25, 0.3) is 5.69 Å². The summed E-state index contributed by atoms with van der Waals surface area (Å²) < 4.78 is 22.4. The molecular formula is C23H29FN6O2. The highest BCUT2D eigenvalue weighted by atomic mass is 19.1. The maximum atomic E-state index is 13.6. The van der Waals surface area contributed by atoms with E-state index in [-0.39, 0.29) is 23.9 Å². The van der Waals surface area contributed by atoms with Crippen LogP contribution < -0.4 is 10.6 Å². The fourth-order valence-corrected chi connectivity index (χ4v) is 4.13. The Morgan fingerprint density at radius 3 is 2.69 bits per heavy atom. The molecule has 0 radical (unpaired) electrons. The first-order chi connectivity index (χ1) is 15.5. The van der Waals surface area contributed by atoms with Crippen LogP contribution >= 0.6 is 0 Å². The lowest BCUT2D eigenvalue weighted by Gasteiger charge is -2.22. The third-order valence-electron chi connectivity index (χ3n) is 5.95. The molecular weight excluding hydrogens is 411 g/mol. The predicted molar refractivity (Wildman–Crippen MR) is 121 cm³/mol. The van der Waals surface area contributed by atoms with Crippen molar-refractivity contribution in [3.8, 4) is 5.69 Å². The molecule has 2 amide bonds. The van der Waals surface area contributed by atoms with E-state index in [4.69, 9.17) is 4.74 Å². The Morgan fingerprint density at radius 2 is 2.00 bits per heavy atom. The second-order valence-corrected chi connectivity index (χ2v) is 8.11. The van der Waals surface area contributed by atoms with Gasteiger partial charge in [0.2, 0.25) is 0 Å². The molecule has 1 saturated heterocycles. The monoisotopic (exact) mass is 440 g/mol. The van der Waals surface area contributed by atoms with Crippen molar-refractivity contribution in [3.63, 3.8) is 0 Å². The van der Waals surface area contributed by atoms with Crippen molar-refractivity contribution in [3.05, 3.63) is 65.9 Å². The van der Waals surface area contributed by atoms with Gasteiger partial charge in [-0.1, -0.05) is 18.2 Å². The number of para-hydroxylation sites is 1. The number of nitrogens with one attached hydrogen (secondary N) is 2. The van der Waals surface area contributed by atoms with Gasteiger partial charge in [0.25, 0.3) is 0 Å². The molecule has 1 aliphatic heterocycles. The van der Waals surface area contributed by atoms with Crippen LogP contribution in [0, 0.1) is 19.7 Å². The van der Waals surface area contributed by atoms with Crippen molar-refractivity contribution in [2.75, 3.05) is 38.7 Å². The molecule has 3 heterocycles. The van der Waals surface area contributed by atoms with E-state index in [0.717, 1.165) is 23.5 Å². The molecule has 2 N–H and O–H groups in total. The van der Waals surface area contributed by atoms with Crippen molar-refractivity contribution in [2.24, 2.45) is 0 Å². The number of rotatable bonds is 7. The number of ether oxygens (including phenoxy) is 1. The van der Waals surface area contributed by atoms with Gasteiger partial charge in [0.15, 0.2) is 0 Å². The van der Waals surface area contributed by atoms with Gasteiger partial charge < -0.3 is 14.6 Å². The predicted octanol–water partition coefficient (Wildman–Crippen LogP) is 3.12. The Hall–Kier alpha value is -3.17. The van der Waals surface area contributed by atoms with Gasteiger partial charge in [-0.05, 0) is 32.0 Å². The van der Waals surface area contributed by atoms with Crippen molar-refractivity contribution in [1.82, 2.24) is 24.6 Å². The number of carbonyl (C=O) groups is 1. The molecule has 2 aromatic heterocycles. The first kappa shape index (κ1) is 22.0. The normalized spacial score (nSPS) is 18.8. The summed E-state index contributed by atoms with van der Waals surface area (Å²) in [6.45, 7) is 6.54. The van der Waals surface area contributed by atoms with Gasteiger partial charge >= 0.3 is 6.03 Å². The summed E-state index contributed by atoms with van der Waals surface area (Å²) in [7, 11) is 1.66. The van der Waals surface area contributed by atoms with Crippen LogP contribution in [0.3, 0.4) is 0 Å². The third kappa shape index (κ3) is 4.68. The van der Waals surface area contributed by atoms with Crippen LogP contribution in [0.2, 0.25) is 0 Å². The number of carbonyl (C=O) groups excluding carboxylic acids is 1. The summed E-state index contributed by atoms with van der Waals surface area (Å²) in [5.41, 5.74) is 2.61. The van der Waals surface area contributed by atoms with Crippen molar-refractivity contribution >= 4 is 11.8 Å². The van der Waals surface area contributed by atoms with E-state index in [2.05, 4.69) is 20.6 Å². The van der Waals surface area contributed by atoms with Gasteiger partial charge in [0.05, 0.1) is 30.1 Å². The van der Waals surface area contributed by atoms with E-state index in [9.17, 15) is 9.18 Å². The zero-order valence-electron chi connectivity index (χ0n) is 18.6. The van der Waals surface area contributed by atoms with Crippen LogP contribution in [0.4, 0.5) is 15.0 Å². The molecule has 170 valence electrons. The number of amides is 2. The minimum Gasteiger partial charge on any atom is -0.383 e. The average molecular weight is 441 g/mol. The molecule has 8 nitrogen and oxygen atoms in total. The Balaban J connectivity index is 1.51. The van der Waals surface area contributed by atoms with Gasteiger partial charge in [-0.2, -0.15) is 5.10 Å². The molecule has 0 unspecified atom stereocenters. The number of hydrogen-bond acceptors (Lipinski definition) is 4. The van der Waals surface area contributed by atoms with Gasteiger partial charge in [0.1, 0.15) is 11.6 Å². The van der Waals surface area contributed by atoms with Gasteiger partial charge in [-0.25, -0.2) is 13.9 Å². The van der Waals surface area contributed by atoms with Gasteiger partial charge in [-0.15, -0.1) is 0 Å². The molecule has 9 heteroatoms. The second kappa shape index (κ2) is 9.54. The lowest BCUT2D eigenvalue weighted by molar-refractivity contribution is 0.158. The Labute approximate surface area is 187 Å². The molecule has 2 atom stereocenters. The Morgan fingerprint density at radius 1 is 1.22 bits per heavy atom. The summed E-state index contributed by atoms with van der Waals surface area (Å²) in [5.74, 6) is 0.338. The van der Waals surface area contributed by atoms with Gasteiger partial charge in [0, 0.05) is 44.7 Å². The summed E-state index contributed by atoms with van der Waals surface area (Å²) in [5, 5.41) is 10.7. The lowest BCUT2D eigenvalue weighted by atomic mass is 10.2. The number of methoxy groups -OCH3 is 1. The summed E-state index contributed by atoms with van der Waals surface area (Å²) in [6.07, 6.45) is 3.18. The minimum absolute atomic E-state index is 0.0797. The van der Waals surface area contributed by atoms with E-state index in [1.54, 1.807) is 18.0 Å². The number of aryl methyl sites for hydroxylation is 1. The van der Waals surface area contributed by atoms with E-state index in [1.165, 1.54) is 12.3 Å². The number of nitrogens with zero attached hydrogens (tertiary/aromatic N) is 4. The second-order valence-electron chi connectivity index (χ2n) is 8.11. The third-order valence-corrected chi connectivity index (χ3v) is 5.95. The first-order valence-corrected chi connectivity index (χ1v) is 10.7. The molecule has 1 aliphatic rings. The number of hydrogen-bond donors (Lipinski definition) is 2. The molecule has 0 aliphatic carbocycles. The molecule has 1 fully saturated rings. The SMILES string of the molecule is COCCN1C[C@@H](n2ccc(F)c2)[C@H](NC(=O)Nc2c(C)c(C)nn2-c2ccccc2)C1. The lowest BCUT2D eigenvalue weighted by Crippen LogP contribution is -2.43. The zero-order valence-corrected chi connectivity index (χ0v) is 18.6. The minimum atomic E-state index is -0.318. The molecule has 3 aromatic rings. The molecule has 32 heavy (non-hydrogen) atoms. The first-order valence-electron chi connectivity index (χ1n) is 10.7. The maximum absolute atomic E-state index is 13.6. The van der Waals surface area contributed by atoms with Crippen LogP contribution in [0.15, 0.2) is 48.8 Å². The van der Waals surface area contributed by atoms with Crippen LogP contribution in [0.1, 0.15) is 17.3 Å². The highest BCUT2D eigenvalue weighted by Crippen LogP contribution is 2.25. The number of aromatic nitrogens is 3. The van der Waals surface area contributed by atoms with E-state index in [1.807, 2.05) is 48.7 Å². The maximum Gasteiger partial charge on any atom is 0.320 e. The summed E-state index contributed by atoms with van der Waals surface area (Å²) >= 11 is 0. The summed E-state index contributed by atoms with van der Waals surface area (Å²) in [6, 6.07) is 10.5. The molecule has 0 bridgehead atoms. The number of anilines is 1. The zero-order chi connectivity index (χ0) is 22.7. The molecule has 0 spiro atoms. The van der Waals surface area contributed by atoms with Crippen LogP contribution in [-0.2, 0) is 4.74 Å². The fraction of sp³-hybridized carbons (Fsp3) is 0.391. The number of urea groups is 1. The number of likely N-dealkylation sites (tertiary alicyclic amines) is 1. The Kier molecular flexibility index (Phi) is 6.57. The van der Waals surface area contributed by atoms with Crippen molar-refractivity contribution in [2.45, 2.75) is 25.9 Å². The fourth-order valence-electron chi connectivity index (χ4n) is 4.13. The highest BCUT2D eigenvalue weighted by molar-refractivity contribution is 5.90. The highest BCUT2D eigenvalue weighted by Gasteiger charge is 2.35. The Bertz CT molecular complexity index is 1060. The van der Waals surface area contributed by atoms with Crippen molar-refractivity contribution < 1.29 is 13.9 Å². The van der Waals surface area contributed by atoms with E-state index in [0.29, 0.717) is 25.5 Å². The van der Waals surface area contributed by atoms with Crippen LogP contribution in [-0.4, -0.2) is 64.7 Å². The molecule has 1 aromatic carbocycles. The molecule has 4 rings (SSSR count). The van der Waals surface area contributed by atoms with Crippen LogP contribution in [0.5, 0.6) is 0 Å². The van der Waals surface area contributed by atoms with Gasteiger partial charge in [-0.3, -0.25) is 10.2 Å². The number of benzene rings is 1. The van der Waals surface area contributed by atoms with E-state index >= 15 is 0 Å². The average Bonchev–Trinajstić information content (AvgIpc) is 3.46. The van der Waals surface area contributed by atoms with E-state index < -0.39 is 0 Å². The summed E-state index contributed by atoms with van der Waals surface area (Å²) in [4.78, 5) is 15.2. The molecule has 0 saturated carbocycles. The number of halogens is 1. The topological polar surface area (TPSA) is 76.3 Å². The largest absolute Gasteiger partial charge is 0.383 e. The smallest absolute Gasteiger partial charge is 0.320 e. The quantitative estimate of drug-likeness (QED) is 0.592. The van der Waals surface area contributed by atoms with Crippen molar-refractivity contribution in [1.29, 1.82) is 0 Å². The standard InChI is InChI=1S/C23H29FN6O2/c1-16-17(2)27-30(19-7-5-4-6-8-19)22(16)26-23(31)25-20-14-28(11-12-32-3)15-21(20)29-10-9-18(24)13-29/h4-10,13,20-21H,11-12,14-15H2,1-3H3,(H2,25,26,31)/t20-,21-/m1/s1.